The highest BCUT2D eigenvalue weighted by Gasteiger charge is 2.07. The van der Waals surface area contributed by atoms with Gasteiger partial charge in [-0.1, -0.05) is 42.5 Å². The highest BCUT2D eigenvalue weighted by molar-refractivity contribution is 5.85. The van der Waals surface area contributed by atoms with Crippen molar-refractivity contribution in [1.29, 1.82) is 0 Å². The summed E-state index contributed by atoms with van der Waals surface area (Å²) in [4.78, 5) is 4.59. The third kappa shape index (κ3) is 2.15. The molecule has 0 aliphatic heterocycles. The lowest BCUT2D eigenvalue weighted by Gasteiger charge is -1.96. The fraction of sp³-hybridized carbons (Fsp3) is 0. The maximum absolute atomic E-state index is 4.59. The van der Waals surface area contributed by atoms with Crippen LogP contribution in [0.5, 0.6) is 0 Å². The second kappa shape index (κ2) is 5.57. The molecule has 3 nitrogen and oxygen atoms in total. The van der Waals surface area contributed by atoms with E-state index in [2.05, 4.69) is 34.3 Å². The third-order valence-corrected chi connectivity index (χ3v) is 3.18. The molecule has 0 aliphatic rings. The summed E-state index contributed by atoms with van der Waals surface area (Å²) < 4.78 is 2.03. The zero-order valence-electron chi connectivity index (χ0n) is 10.5. The van der Waals surface area contributed by atoms with Gasteiger partial charge in [0.2, 0.25) is 0 Å². The third-order valence-electron chi connectivity index (χ3n) is 3.18. The number of H-pyrrole nitrogens is 1. The number of fused-ring (bicyclic) bond motifs is 3. The molecule has 0 radical (unpaired) electrons. The van der Waals surface area contributed by atoms with E-state index in [4.69, 9.17) is 0 Å². The van der Waals surface area contributed by atoms with Crippen LogP contribution in [0.4, 0.5) is 0 Å². The van der Waals surface area contributed by atoms with Crippen LogP contribution >= 0.6 is 24.8 Å². The molecule has 0 spiro atoms. The Morgan fingerprint density at radius 2 is 1.55 bits per heavy atom. The first kappa shape index (κ1) is 14.4. The van der Waals surface area contributed by atoms with E-state index in [1.807, 2.05) is 40.9 Å². The maximum Gasteiger partial charge on any atom is 0.154 e. The van der Waals surface area contributed by atoms with E-state index >= 15 is 0 Å². The SMILES string of the molecule is Cl.Cl.c1ccc(-c2cc3nc4ccccc4n3[nH]2)cc1. The van der Waals surface area contributed by atoms with Crippen molar-refractivity contribution < 1.29 is 0 Å². The Bertz CT molecular complexity index is 834. The van der Waals surface area contributed by atoms with E-state index < -0.39 is 0 Å². The number of nitrogens with one attached hydrogen (secondary N) is 1. The minimum atomic E-state index is 0. The molecule has 2 aromatic heterocycles. The lowest BCUT2D eigenvalue weighted by atomic mass is 10.2. The molecule has 5 heteroatoms. The minimum absolute atomic E-state index is 0. The molecule has 0 saturated heterocycles. The molecule has 102 valence electrons. The fourth-order valence-corrected chi connectivity index (χ4v) is 2.31. The summed E-state index contributed by atoms with van der Waals surface area (Å²) in [6.45, 7) is 0. The Morgan fingerprint density at radius 3 is 2.35 bits per heavy atom. The van der Waals surface area contributed by atoms with Crippen LogP contribution < -0.4 is 0 Å². The highest BCUT2D eigenvalue weighted by Crippen LogP contribution is 2.22. The van der Waals surface area contributed by atoms with Crippen LogP contribution in [-0.4, -0.2) is 14.6 Å². The first-order valence-corrected chi connectivity index (χ1v) is 5.93. The number of benzene rings is 2. The van der Waals surface area contributed by atoms with Crippen molar-refractivity contribution >= 4 is 41.5 Å². The first-order chi connectivity index (χ1) is 8.92. The number of hydrogen-bond acceptors (Lipinski definition) is 1. The smallest absolute Gasteiger partial charge is 0.154 e. The molecule has 4 rings (SSSR count). The van der Waals surface area contributed by atoms with Crippen LogP contribution in [0, 0.1) is 0 Å². The summed E-state index contributed by atoms with van der Waals surface area (Å²) in [7, 11) is 0. The lowest BCUT2D eigenvalue weighted by molar-refractivity contribution is 1.01. The van der Waals surface area contributed by atoms with E-state index in [0.29, 0.717) is 0 Å². The van der Waals surface area contributed by atoms with E-state index in [1.165, 1.54) is 5.56 Å². The zero-order chi connectivity index (χ0) is 11.9. The second-order valence-electron chi connectivity index (χ2n) is 4.33. The van der Waals surface area contributed by atoms with Gasteiger partial charge >= 0.3 is 0 Å². The molecule has 20 heavy (non-hydrogen) atoms. The number of aromatic nitrogens is 3. The van der Waals surface area contributed by atoms with Crippen molar-refractivity contribution in [2.24, 2.45) is 0 Å². The Balaban J connectivity index is 0.000000735. The molecule has 0 amide bonds. The van der Waals surface area contributed by atoms with Gasteiger partial charge in [-0.2, -0.15) is 0 Å². The molecule has 4 aromatic rings. The summed E-state index contributed by atoms with van der Waals surface area (Å²) in [6, 6.07) is 20.5. The van der Waals surface area contributed by atoms with Gasteiger partial charge in [0.1, 0.15) is 0 Å². The average molecular weight is 306 g/mol. The molecular formula is C15H13Cl2N3. The number of hydrogen-bond donors (Lipinski definition) is 1. The van der Waals surface area contributed by atoms with Gasteiger partial charge in [-0.15, -0.1) is 24.8 Å². The summed E-state index contributed by atoms with van der Waals surface area (Å²) >= 11 is 0. The van der Waals surface area contributed by atoms with Crippen molar-refractivity contribution in [3.8, 4) is 11.3 Å². The molecule has 2 heterocycles. The molecule has 0 bridgehead atoms. The first-order valence-electron chi connectivity index (χ1n) is 5.93. The van der Waals surface area contributed by atoms with Gasteiger partial charge in [0.15, 0.2) is 5.65 Å². The average Bonchev–Trinajstić information content (AvgIpc) is 2.97. The largest absolute Gasteiger partial charge is 0.292 e. The Labute approximate surface area is 128 Å². The van der Waals surface area contributed by atoms with Crippen LogP contribution in [0.2, 0.25) is 0 Å². The molecular weight excluding hydrogens is 293 g/mol. The predicted octanol–water partition coefficient (Wildman–Crippen LogP) is 4.33. The van der Waals surface area contributed by atoms with E-state index in [0.717, 1.165) is 22.4 Å². The molecule has 0 saturated carbocycles. The molecule has 0 aliphatic carbocycles. The van der Waals surface area contributed by atoms with Gasteiger partial charge in [0, 0.05) is 6.07 Å². The highest BCUT2D eigenvalue weighted by atomic mass is 35.5. The van der Waals surface area contributed by atoms with Crippen LogP contribution in [-0.2, 0) is 0 Å². The second-order valence-corrected chi connectivity index (χ2v) is 4.33. The zero-order valence-corrected chi connectivity index (χ0v) is 12.1. The summed E-state index contributed by atoms with van der Waals surface area (Å²) in [6.07, 6.45) is 0. The minimum Gasteiger partial charge on any atom is -0.292 e. The lowest BCUT2D eigenvalue weighted by Crippen LogP contribution is -1.84. The predicted molar refractivity (Wildman–Crippen MR) is 87.0 cm³/mol. The van der Waals surface area contributed by atoms with Gasteiger partial charge in [0.05, 0.1) is 16.7 Å². The van der Waals surface area contributed by atoms with Crippen molar-refractivity contribution in [3.63, 3.8) is 0 Å². The van der Waals surface area contributed by atoms with Gasteiger partial charge in [-0.25, -0.2) is 9.50 Å². The molecule has 0 fully saturated rings. The number of rotatable bonds is 1. The standard InChI is InChI=1S/C15H11N3.2ClH/c1-2-6-11(7-3-1)13-10-15-16-12-8-4-5-9-14(12)18(15)17-13;;/h1-10,17H;2*1H. The van der Waals surface area contributed by atoms with E-state index in [1.54, 1.807) is 0 Å². The number of imidazole rings is 1. The Hall–Kier alpha value is -1.97. The topological polar surface area (TPSA) is 33.1 Å². The number of para-hydroxylation sites is 2. The van der Waals surface area contributed by atoms with Crippen molar-refractivity contribution in [2.75, 3.05) is 0 Å². The quantitative estimate of drug-likeness (QED) is 0.558. The normalized spacial score (nSPS) is 10.2. The van der Waals surface area contributed by atoms with E-state index in [9.17, 15) is 0 Å². The Morgan fingerprint density at radius 1 is 0.850 bits per heavy atom. The molecule has 0 atom stereocenters. The fourth-order valence-electron chi connectivity index (χ4n) is 2.31. The maximum atomic E-state index is 4.59. The molecule has 0 unspecified atom stereocenters. The Kier molecular flexibility index (Phi) is 4.02. The number of nitrogens with zero attached hydrogens (tertiary/aromatic N) is 2. The van der Waals surface area contributed by atoms with Crippen molar-refractivity contribution in [3.05, 3.63) is 60.7 Å². The molecule has 1 N–H and O–H groups in total. The van der Waals surface area contributed by atoms with Crippen molar-refractivity contribution in [2.45, 2.75) is 0 Å². The van der Waals surface area contributed by atoms with Gasteiger partial charge in [-0.3, -0.25) is 5.10 Å². The number of aromatic amines is 1. The van der Waals surface area contributed by atoms with Gasteiger partial charge in [-0.05, 0) is 17.7 Å². The summed E-state index contributed by atoms with van der Waals surface area (Å²) in [5, 5.41) is 3.39. The van der Waals surface area contributed by atoms with Crippen LogP contribution in [0.15, 0.2) is 60.7 Å². The molecule has 2 aromatic carbocycles. The summed E-state index contributed by atoms with van der Waals surface area (Å²) in [5.74, 6) is 0. The van der Waals surface area contributed by atoms with Gasteiger partial charge < -0.3 is 0 Å². The van der Waals surface area contributed by atoms with E-state index in [-0.39, 0.29) is 24.8 Å². The van der Waals surface area contributed by atoms with Crippen LogP contribution in [0.1, 0.15) is 0 Å². The van der Waals surface area contributed by atoms with Crippen LogP contribution in [0.25, 0.3) is 27.9 Å². The number of halogens is 2. The summed E-state index contributed by atoms with van der Waals surface area (Å²) in [5.41, 5.74) is 5.34. The van der Waals surface area contributed by atoms with Crippen molar-refractivity contribution in [1.82, 2.24) is 14.6 Å². The van der Waals surface area contributed by atoms with Crippen LogP contribution in [0.3, 0.4) is 0 Å². The van der Waals surface area contributed by atoms with Gasteiger partial charge in [0.25, 0.3) is 0 Å². The monoisotopic (exact) mass is 305 g/mol.